The lowest BCUT2D eigenvalue weighted by Crippen LogP contribution is -2.35. The monoisotopic (exact) mass is 388 g/mol. The Morgan fingerprint density at radius 1 is 1.21 bits per heavy atom. The largest absolute Gasteiger partial charge is 0.494 e. The van der Waals surface area contributed by atoms with Crippen molar-refractivity contribution in [2.75, 3.05) is 17.9 Å². The van der Waals surface area contributed by atoms with Gasteiger partial charge in [-0.25, -0.2) is 19.9 Å². The van der Waals surface area contributed by atoms with Gasteiger partial charge < -0.3 is 10.1 Å². The fourth-order valence-corrected chi connectivity index (χ4v) is 2.44. The van der Waals surface area contributed by atoms with E-state index in [4.69, 9.17) is 4.74 Å². The maximum atomic E-state index is 12.4. The van der Waals surface area contributed by atoms with Gasteiger partial charge in [-0.1, -0.05) is 22.0 Å². The molecule has 0 aliphatic heterocycles. The van der Waals surface area contributed by atoms with Crippen molar-refractivity contribution in [1.29, 1.82) is 0 Å². The molecule has 7 nitrogen and oxygen atoms in total. The number of urea groups is 1. The number of nitrogens with zero attached hydrogens (tertiary/aromatic N) is 2. The number of rotatable bonds is 3. The number of halogens is 1. The summed E-state index contributed by atoms with van der Waals surface area (Å²) in [6, 6.07) is 11.5. The van der Waals surface area contributed by atoms with Gasteiger partial charge in [0.2, 0.25) is 0 Å². The van der Waals surface area contributed by atoms with Gasteiger partial charge in [0.1, 0.15) is 17.6 Å². The Morgan fingerprint density at radius 3 is 2.67 bits per heavy atom. The number of fused-ring (bicyclic) bond motifs is 1. The van der Waals surface area contributed by atoms with E-state index in [1.165, 1.54) is 13.4 Å². The molecule has 122 valence electrons. The van der Waals surface area contributed by atoms with Crippen molar-refractivity contribution in [2.45, 2.75) is 0 Å². The van der Waals surface area contributed by atoms with Crippen LogP contribution in [0.5, 0.6) is 5.75 Å². The predicted molar refractivity (Wildman–Crippen MR) is 95.1 cm³/mol. The standard InChI is InChI=1S/C16H13BrN4O3/c1-24-13-4-2-3-12-14(13)18-9-21(15(12)22)20-16(23)19-11-7-5-10(17)6-8-11/h2-9H,1H3,(H2,19,20,23). The summed E-state index contributed by atoms with van der Waals surface area (Å²) < 4.78 is 7.10. The van der Waals surface area contributed by atoms with Gasteiger partial charge in [-0.3, -0.25) is 4.79 Å². The average molecular weight is 389 g/mol. The highest BCUT2D eigenvalue weighted by atomic mass is 79.9. The Bertz CT molecular complexity index is 954. The normalized spacial score (nSPS) is 10.4. The summed E-state index contributed by atoms with van der Waals surface area (Å²) in [6.45, 7) is 0. The van der Waals surface area contributed by atoms with Gasteiger partial charge in [0.15, 0.2) is 0 Å². The van der Waals surface area contributed by atoms with E-state index in [1.807, 2.05) is 0 Å². The second kappa shape index (κ2) is 6.71. The molecule has 0 saturated carbocycles. The lowest BCUT2D eigenvalue weighted by Gasteiger charge is -2.11. The number of methoxy groups -OCH3 is 1. The van der Waals surface area contributed by atoms with Crippen LogP contribution in [0.3, 0.4) is 0 Å². The van der Waals surface area contributed by atoms with Crippen molar-refractivity contribution in [3.05, 3.63) is 63.6 Å². The highest BCUT2D eigenvalue weighted by molar-refractivity contribution is 9.10. The van der Waals surface area contributed by atoms with Crippen LogP contribution >= 0.6 is 15.9 Å². The Hall–Kier alpha value is -2.87. The SMILES string of the molecule is COc1cccc2c(=O)n(NC(=O)Nc3ccc(Br)cc3)cnc12. The van der Waals surface area contributed by atoms with Crippen molar-refractivity contribution < 1.29 is 9.53 Å². The number of hydrogen-bond donors (Lipinski definition) is 2. The third kappa shape index (κ3) is 3.23. The van der Waals surface area contributed by atoms with Gasteiger partial charge in [-0.2, -0.15) is 0 Å². The molecule has 0 saturated heterocycles. The number of aromatic nitrogens is 2. The van der Waals surface area contributed by atoms with Crippen molar-refractivity contribution >= 4 is 38.6 Å². The third-order valence-corrected chi connectivity index (χ3v) is 3.82. The molecule has 3 rings (SSSR count). The Balaban J connectivity index is 1.85. The molecule has 2 aromatic carbocycles. The van der Waals surface area contributed by atoms with Crippen LogP contribution in [0.25, 0.3) is 10.9 Å². The average Bonchev–Trinajstić information content (AvgIpc) is 2.59. The van der Waals surface area contributed by atoms with Crippen LogP contribution in [0.2, 0.25) is 0 Å². The van der Waals surface area contributed by atoms with Gasteiger partial charge in [0.05, 0.1) is 12.5 Å². The number of nitrogens with one attached hydrogen (secondary N) is 2. The molecule has 2 amide bonds. The van der Waals surface area contributed by atoms with Crippen LogP contribution in [-0.4, -0.2) is 22.8 Å². The van der Waals surface area contributed by atoms with Crippen molar-refractivity contribution in [3.63, 3.8) is 0 Å². The van der Waals surface area contributed by atoms with E-state index >= 15 is 0 Å². The molecular weight excluding hydrogens is 376 g/mol. The van der Waals surface area contributed by atoms with Crippen LogP contribution < -0.4 is 21.0 Å². The van der Waals surface area contributed by atoms with Gasteiger partial charge in [-0.15, -0.1) is 0 Å². The van der Waals surface area contributed by atoms with Crippen molar-refractivity contribution in [2.24, 2.45) is 0 Å². The van der Waals surface area contributed by atoms with Crippen molar-refractivity contribution in [1.82, 2.24) is 9.66 Å². The van der Waals surface area contributed by atoms with Crippen LogP contribution in [0.15, 0.2) is 58.1 Å². The van der Waals surface area contributed by atoms with Crippen molar-refractivity contribution in [3.8, 4) is 5.75 Å². The van der Waals surface area contributed by atoms with Gasteiger partial charge >= 0.3 is 6.03 Å². The molecule has 0 spiro atoms. The first-order valence-corrected chi connectivity index (χ1v) is 7.76. The molecule has 1 heterocycles. The summed E-state index contributed by atoms with van der Waals surface area (Å²) in [7, 11) is 1.51. The van der Waals surface area contributed by atoms with Crippen LogP contribution in [0, 0.1) is 0 Å². The Labute approximate surface area is 145 Å². The molecule has 0 atom stereocenters. The second-order valence-electron chi connectivity index (χ2n) is 4.85. The number of para-hydroxylation sites is 1. The summed E-state index contributed by atoms with van der Waals surface area (Å²) >= 11 is 3.32. The van der Waals surface area contributed by atoms with Crippen LogP contribution in [-0.2, 0) is 0 Å². The molecule has 0 aliphatic carbocycles. The molecule has 0 aliphatic rings. The van der Waals surface area contributed by atoms with E-state index in [0.29, 0.717) is 22.3 Å². The molecule has 8 heteroatoms. The summed E-state index contributed by atoms with van der Waals surface area (Å²) in [5, 5.41) is 2.98. The van der Waals surface area contributed by atoms with E-state index in [9.17, 15) is 9.59 Å². The number of carbonyl (C=O) groups is 1. The minimum absolute atomic E-state index is 0.348. The van der Waals surface area contributed by atoms with Gasteiger partial charge in [0, 0.05) is 10.2 Å². The zero-order valence-electron chi connectivity index (χ0n) is 12.6. The van der Waals surface area contributed by atoms with Crippen LogP contribution in [0.1, 0.15) is 0 Å². The molecular formula is C16H13BrN4O3. The smallest absolute Gasteiger partial charge is 0.338 e. The summed E-state index contributed by atoms with van der Waals surface area (Å²) in [5.74, 6) is 0.496. The highest BCUT2D eigenvalue weighted by Gasteiger charge is 2.10. The Kier molecular flexibility index (Phi) is 4.48. The maximum absolute atomic E-state index is 12.4. The fraction of sp³-hybridized carbons (Fsp3) is 0.0625. The highest BCUT2D eigenvalue weighted by Crippen LogP contribution is 2.19. The number of amides is 2. The maximum Gasteiger partial charge on any atom is 0.338 e. The molecule has 0 radical (unpaired) electrons. The zero-order chi connectivity index (χ0) is 17.1. The minimum atomic E-state index is -0.552. The van der Waals surface area contributed by atoms with E-state index in [2.05, 4.69) is 31.7 Å². The fourth-order valence-electron chi connectivity index (χ4n) is 2.17. The summed E-state index contributed by atoms with van der Waals surface area (Å²) in [4.78, 5) is 28.7. The molecule has 3 aromatic rings. The van der Waals surface area contributed by atoms with E-state index < -0.39 is 11.6 Å². The number of hydrogen-bond acceptors (Lipinski definition) is 4. The van der Waals surface area contributed by atoms with Gasteiger partial charge in [0.25, 0.3) is 5.56 Å². The van der Waals surface area contributed by atoms with Gasteiger partial charge in [-0.05, 0) is 36.4 Å². The summed E-state index contributed by atoms with van der Waals surface area (Å²) in [6.07, 6.45) is 1.24. The zero-order valence-corrected chi connectivity index (χ0v) is 14.2. The molecule has 0 fully saturated rings. The second-order valence-corrected chi connectivity index (χ2v) is 5.76. The predicted octanol–water partition coefficient (Wildman–Crippen LogP) is 2.94. The first kappa shape index (κ1) is 16.0. The lowest BCUT2D eigenvalue weighted by molar-refractivity contribution is 0.259. The third-order valence-electron chi connectivity index (χ3n) is 3.29. The van der Waals surface area contributed by atoms with E-state index in [-0.39, 0.29) is 0 Å². The lowest BCUT2D eigenvalue weighted by atomic mass is 10.2. The minimum Gasteiger partial charge on any atom is -0.494 e. The first-order valence-electron chi connectivity index (χ1n) is 6.96. The number of anilines is 1. The summed E-state index contributed by atoms with van der Waals surface area (Å²) in [5.41, 5.74) is 3.08. The van der Waals surface area contributed by atoms with E-state index in [0.717, 1.165) is 9.15 Å². The number of benzene rings is 2. The van der Waals surface area contributed by atoms with Crippen LogP contribution in [0.4, 0.5) is 10.5 Å². The molecule has 2 N–H and O–H groups in total. The molecule has 0 unspecified atom stereocenters. The topological polar surface area (TPSA) is 85.2 Å². The van der Waals surface area contributed by atoms with E-state index in [1.54, 1.807) is 42.5 Å². The first-order chi connectivity index (χ1) is 11.6. The molecule has 24 heavy (non-hydrogen) atoms. The number of carbonyl (C=O) groups excluding carboxylic acids is 1. The Morgan fingerprint density at radius 2 is 1.96 bits per heavy atom. The number of ether oxygens (including phenoxy) is 1. The molecule has 0 bridgehead atoms. The molecule has 1 aromatic heterocycles. The quantitative estimate of drug-likeness (QED) is 0.722.